The standard InChI is InChI=1S/C17H17NO2S/c1-11(19)15-16(12-7-3-2-4-8-12)21-14-10-6-5-9-13(14)18-17(15)20/h2-11,15-16,19H,1H3,(H,18,20)/t11-,15+,16-/m1/s1. The number of hydrogen-bond donors (Lipinski definition) is 2. The van der Waals surface area contributed by atoms with Gasteiger partial charge in [-0.3, -0.25) is 4.79 Å². The lowest BCUT2D eigenvalue weighted by atomic mass is 9.93. The molecule has 3 atom stereocenters. The van der Waals surface area contributed by atoms with E-state index in [9.17, 15) is 9.90 Å². The average Bonchev–Trinajstić information content (AvgIpc) is 2.63. The molecular formula is C17H17NO2S. The highest BCUT2D eigenvalue weighted by molar-refractivity contribution is 7.99. The van der Waals surface area contributed by atoms with Crippen LogP contribution >= 0.6 is 11.8 Å². The molecule has 2 N–H and O–H groups in total. The maximum atomic E-state index is 12.5. The van der Waals surface area contributed by atoms with E-state index in [2.05, 4.69) is 5.32 Å². The highest BCUT2D eigenvalue weighted by atomic mass is 32.2. The molecular weight excluding hydrogens is 282 g/mol. The second-order valence-electron chi connectivity index (χ2n) is 5.20. The zero-order valence-corrected chi connectivity index (χ0v) is 12.5. The predicted molar refractivity (Wildman–Crippen MR) is 85.3 cm³/mol. The lowest BCUT2D eigenvalue weighted by Gasteiger charge is -2.25. The summed E-state index contributed by atoms with van der Waals surface area (Å²) in [5, 5.41) is 12.9. The van der Waals surface area contributed by atoms with Crippen LogP contribution in [0.2, 0.25) is 0 Å². The number of hydrogen-bond acceptors (Lipinski definition) is 3. The van der Waals surface area contributed by atoms with Crippen LogP contribution in [0, 0.1) is 5.92 Å². The van der Waals surface area contributed by atoms with Crippen molar-refractivity contribution >= 4 is 23.4 Å². The van der Waals surface area contributed by atoms with Crippen LogP contribution in [0.4, 0.5) is 5.69 Å². The van der Waals surface area contributed by atoms with Crippen LogP contribution in [0.5, 0.6) is 0 Å². The van der Waals surface area contributed by atoms with Crippen molar-refractivity contribution in [3.63, 3.8) is 0 Å². The molecule has 0 bridgehead atoms. The minimum Gasteiger partial charge on any atom is -0.393 e. The largest absolute Gasteiger partial charge is 0.393 e. The van der Waals surface area contributed by atoms with Crippen LogP contribution in [-0.4, -0.2) is 17.1 Å². The number of para-hydroxylation sites is 1. The van der Waals surface area contributed by atoms with Gasteiger partial charge in [0.15, 0.2) is 0 Å². The van der Waals surface area contributed by atoms with E-state index in [1.807, 2.05) is 54.6 Å². The molecule has 0 saturated heterocycles. The summed E-state index contributed by atoms with van der Waals surface area (Å²) in [6.45, 7) is 1.68. The summed E-state index contributed by atoms with van der Waals surface area (Å²) in [4.78, 5) is 13.5. The minimum absolute atomic E-state index is 0.102. The maximum Gasteiger partial charge on any atom is 0.231 e. The molecule has 2 aromatic rings. The van der Waals surface area contributed by atoms with Crippen molar-refractivity contribution in [1.82, 2.24) is 0 Å². The lowest BCUT2D eigenvalue weighted by molar-refractivity contribution is -0.122. The molecule has 3 nitrogen and oxygen atoms in total. The Kier molecular flexibility index (Phi) is 3.99. The van der Waals surface area contributed by atoms with Crippen molar-refractivity contribution in [1.29, 1.82) is 0 Å². The second kappa shape index (κ2) is 5.92. The summed E-state index contributed by atoms with van der Waals surface area (Å²) in [5.74, 6) is -0.610. The first-order valence-electron chi connectivity index (χ1n) is 6.96. The van der Waals surface area contributed by atoms with Gasteiger partial charge in [0.1, 0.15) is 0 Å². The first-order valence-corrected chi connectivity index (χ1v) is 7.84. The summed E-state index contributed by atoms with van der Waals surface area (Å²) in [6, 6.07) is 17.7. The van der Waals surface area contributed by atoms with Crippen molar-refractivity contribution < 1.29 is 9.90 Å². The predicted octanol–water partition coefficient (Wildman–Crippen LogP) is 3.47. The Bertz CT molecular complexity index is 642. The quantitative estimate of drug-likeness (QED) is 0.892. The Balaban J connectivity index is 2.07. The maximum absolute atomic E-state index is 12.5. The van der Waals surface area contributed by atoms with E-state index in [1.54, 1.807) is 18.7 Å². The Morgan fingerprint density at radius 1 is 1.10 bits per heavy atom. The second-order valence-corrected chi connectivity index (χ2v) is 6.38. The normalized spacial score (nSPS) is 22.9. The SMILES string of the molecule is C[C@@H](O)[C@@H]1C(=O)Nc2ccccc2S[C@@H]1c1ccccc1. The summed E-state index contributed by atoms with van der Waals surface area (Å²) in [5.41, 5.74) is 1.87. The van der Waals surface area contributed by atoms with Crippen molar-refractivity contribution in [2.45, 2.75) is 23.2 Å². The zero-order valence-electron chi connectivity index (χ0n) is 11.7. The van der Waals surface area contributed by atoms with Crippen LogP contribution in [-0.2, 0) is 4.79 Å². The number of nitrogens with one attached hydrogen (secondary N) is 1. The molecule has 0 saturated carbocycles. The summed E-state index contributed by atoms with van der Waals surface area (Å²) < 4.78 is 0. The lowest BCUT2D eigenvalue weighted by Crippen LogP contribution is -2.33. The third kappa shape index (κ3) is 2.82. The van der Waals surface area contributed by atoms with Crippen molar-refractivity contribution in [2.24, 2.45) is 5.92 Å². The molecule has 21 heavy (non-hydrogen) atoms. The van der Waals surface area contributed by atoms with E-state index < -0.39 is 12.0 Å². The van der Waals surface area contributed by atoms with Gasteiger partial charge >= 0.3 is 0 Å². The summed E-state index contributed by atoms with van der Waals surface area (Å²) in [6.07, 6.45) is -0.711. The van der Waals surface area contributed by atoms with Crippen molar-refractivity contribution in [2.75, 3.05) is 5.32 Å². The number of benzene rings is 2. The van der Waals surface area contributed by atoms with Gasteiger partial charge in [0.2, 0.25) is 5.91 Å². The number of thioether (sulfide) groups is 1. The molecule has 0 aliphatic carbocycles. The number of aliphatic hydroxyl groups excluding tert-OH is 1. The van der Waals surface area contributed by atoms with Gasteiger partial charge in [0.05, 0.1) is 17.7 Å². The van der Waals surface area contributed by atoms with Crippen LogP contribution in [0.25, 0.3) is 0 Å². The van der Waals surface area contributed by atoms with Crippen LogP contribution in [0.3, 0.4) is 0 Å². The highest BCUT2D eigenvalue weighted by Gasteiger charge is 2.37. The molecule has 1 aliphatic heterocycles. The molecule has 0 spiro atoms. The van der Waals surface area contributed by atoms with Crippen LogP contribution in [0.1, 0.15) is 17.7 Å². The van der Waals surface area contributed by atoms with E-state index in [1.165, 1.54) is 0 Å². The van der Waals surface area contributed by atoms with Gasteiger partial charge in [-0.15, -0.1) is 11.8 Å². The molecule has 2 aromatic carbocycles. The minimum atomic E-state index is -0.711. The number of fused-ring (bicyclic) bond motifs is 1. The number of carbonyl (C=O) groups is 1. The molecule has 0 radical (unpaired) electrons. The fourth-order valence-corrected chi connectivity index (χ4v) is 4.09. The summed E-state index contributed by atoms with van der Waals surface area (Å²) >= 11 is 1.63. The van der Waals surface area contributed by atoms with Gasteiger partial charge in [-0.05, 0) is 24.6 Å². The molecule has 0 fully saturated rings. The Morgan fingerprint density at radius 3 is 2.48 bits per heavy atom. The number of aliphatic hydroxyl groups is 1. The van der Waals surface area contributed by atoms with Gasteiger partial charge in [0, 0.05) is 10.1 Å². The fourth-order valence-electron chi connectivity index (χ4n) is 2.63. The van der Waals surface area contributed by atoms with Gasteiger partial charge in [0.25, 0.3) is 0 Å². The monoisotopic (exact) mass is 299 g/mol. The van der Waals surface area contributed by atoms with Crippen molar-refractivity contribution in [3.05, 3.63) is 60.2 Å². The molecule has 1 heterocycles. The van der Waals surface area contributed by atoms with Gasteiger partial charge in [-0.2, -0.15) is 0 Å². The first-order chi connectivity index (χ1) is 10.2. The third-order valence-corrected chi connectivity index (χ3v) is 5.10. The van der Waals surface area contributed by atoms with Gasteiger partial charge in [-0.1, -0.05) is 42.5 Å². The fraction of sp³-hybridized carbons (Fsp3) is 0.235. The van der Waals surface area contributed by atoms with E-state index >= 15 is 0 Å². The average molecular weight is 299 g/mol. The number of rotatable bonds is 2. The molecule has 0 aromatic heterocycles. The Hall–Kier alpha value is -1.78. The molecule has 3 rings (SSSR count). The highest BCUT2D eigenvalue weighted by Crippen LogP contribution is 2.47. The van der Waals surface area contributed by atoms with E-state index in [0.717, 1.165) is 16.1 Å². The van der Waals surface area contributed by atoms with E-state index in [0.29, 0.717) is 0 Å². The first kappa shape index (κ1) is 14.2. The Labute approximate surface area is 128 Å². The van der Waals surface area contributed by atoms with Gasteiger partial charge in [-0.25, -0.2) is 0 Å². The molecule has 108 valence electrons. The summed E-state index contributed by atoms with van der Waals surface area (Å²) in [7, 11) is 0. The van der Waals surface area contributed by atoms with Gasteiger partial charge < -0.3 is 10.4 Å². The number of anilines is 1. The van der Waals surface area contributed by atoms with Crippen LogP contribution in [0.15, 0.2) is 59.5 Å². The molecule has 1 amide bonds. The van der Waals surface area contributed by atoms with E-state index in [-0.39, 0.29) is 11.2 Å². The number of amides is 1. The van der Waals surface area contributed by atoms with E-state index in [4.69, 9.17) is 0 Å². The molecule has 0 unspecified atom stereocenters. The topological polar surface area (TPSA) is 49.3 Å². The molecule has 4 heteroatoms. The Morgan fingerprint density at radius 2 is 1.76 bits per heavy atom. The van der Waals surface area contributed by atoms with Crippen molar-refractivity contribution in [3.8, 4) is 0 Å². The smallest absolute Gasteiger partial charge is 0.231 e. The molecule has 1 aliphatic rings. The zero-order chi connectivity index (χ0) is 14.8. The van der Waals surface area contributed by atoms with Crippen LogP contribution < -0.4 is 5.32 Å². The third-order valence-electron chi connectivity index (χ3n) is 3.68. The number of carbonyl (C=O) groups excluding carboxylic acids is 1.